The third kappa shape index (κ3) is 3.88. The van der Waals surface area contributed by atoms with Gasteiger partial charge in [-0.2, -0.15) is 0 Å². The largest absolute Gasteiger partial charge is 0.342 e. The molecule has 0 atom stereocenters. The molecule has 7 heteroatoms. The maximum atomic E-state index is 12.5. The fourth-order valence-electron chi connectivity index (χ4n) is 3.64. The number of amides is 2. The van der Waals surface area contributed by atoms with Crippen LogP contribution >= 0.6 is 11.3 Å². The van der Waals surface area contributed by atoms with E-state index in [2.05, 4.69) is 15.5 Å². The first kappa shape index (κ1) is 18.1. The first-order valence-electron chi connectivity index (χ1n) is 9.61. The van der Waals surface area contributed by atoms with Crippen LogP contribution in [0.5, 0.6) is 0 Å². The Labute approximate surface area is 163 Å². The second-order valence-electron chi connectivity index (χ2n) is 7.44. The first-order valence-corrected chi connectivity index (χ1v) is 10.4. The lowest BCUT2D eigenvalue weighted by Gasteiger charge is -2.36. The molecule has 1 aromatic carbocycles. The van der Waals surface area contributed by atoms with Gasteiger partial charge in [-0.1, -0.05) is 36.0 Å². The SMILES string of the molecule is Cc1ccccc1NC(=O)c1nnc(C2CCN(C(=O)C3CCC3)CC2)s1. The molecule has 142 valence electrons. The van der Waals surface area contributed by atoms with Gasteiger partial charge in [0, 0.05) is 30.6 Å². The maximum absolute atomic E-state index is 12.5. The molecule has 2 amide bonds. The molecule has 2 aliphatic rings. The van der Waals surface area contributed by atoms with Crippen LogP contribution < -0.4 is 5.32 Å². The van der Waals surface area contributed by atoms with Gasteiger partial charge in [-0.05, 0) is 44.2 Å². The van der Waals surface area contributed by atoms with Crippen LogP contribution in [0.1, 0.15) is 58.4 Å². The number of aryl methyl sites for hydroxylation is 1. The van der Waals surface area contributed by atoms with Crippen molar-refractivity contribution in [2.24, 2.45) is 5.92 Å². The van der Waals surface area contributed by atoms with E-state index in [9.17, 15) is 9.59 Å². The van der Waals surface area contributed by atoms with Gasteiger partial charge in [-0.15, -0.1) is 10.2 Å². The number of aromatic nitrogens is 2. The summed E-state index contributed by atoms with van der Waals surface area (Å²) in [5.74, 6) is 0.661. The van der Waals surface area contributed by atoms with E-state index in [4.69, 9.17) is 0 Å². The van der Waals surface area contributed by atoms with Gasteiger partial charge in [0.25, 0.3) is 5.91 Å². The van der Waals surface area contributed by atoms with Crippen molar-refractivity contribution < 1.29 is 9.59 Å². The van der Waals surface area contributed by atoms with Crippen LogP contribution in [0.3, 0.4) is 0 Å². The third-order valence-electron chi connectivity index (χ3n) is 5.64. The zero-order valence-corrected chi connectivity index (χ0v) is 16.3. The zero-order valence-electron chi connectivity index (χ0n) is 15.5. The van der Waals surface area contributed by atoms with Gasteiger partial charge < -0.3 is 10.2 Å². The van der Waals surface area contributed by atoms with Gasteiger partial charge in [0.2, 0.25) is 10.9 Å². The minimum Gasteiger partial charge on any atom is -0.342 e. The summed E-state index contributed by atoms with van der Waals surface area (Å²) in [5, 5.41) is 12.6. The highest BCUT2D eigenvalue weighted by Crippen LogP contribution is 2.33. The smallest absolute Gasteiger partial charge is 0.286 e. The van der Waals surface area contributed by atoms with E-state index >= 15 is 0 Å². The van der Waals surface area contributed by atoms with Crippen molar-refractivity contribution in [2.75, 3.05) is 18.4 Å². The van der Waals surface area contributed by atoms with Crippen LogP contribution in [0.15, 0.2) is 24.3 Å². The van der Waals surface area contributed by atoms with Crippen molar-refractivity contribution in [3.05, 3.63) is 39.8 Å². The minimum absolute atomic E-state index is 0.217. The zero-order chi connectivity index (χ0) is 18.8. The monoisotopic (exact) mass is 384 g/mol. The van der Waals surface area contributed by atoms with E-state index < -0.39 is 0 Å². The Bertz CT molecular complexity index is 838. The molecule has 4 rings (SSSR count). The molecule has 1 aliphatic carbocycles. The van der Waals surface area contributed by atoms with Crippen LogP contribution in [0.2, 0.25) is 0 Å². The number of carbonyl (C=O) groups excluding carboxylic acids is 2. The van der Waals surface area contributed by atoms with Crippen LogP contribution in [-0.2, 0) is 4.79 Å². The highest BCUT2D eigenvalue weighted by Gasteiger charge is 2.33. The minimum atomic E-state index is -0.217. The second-order valence-corrected chi connectivity index (χ2v) is 8.45. The summed E-state index contributed by atoms with van der Waals surface area (Å²) in [6.07, 6.45) is 5.08. The third-order valence-corrected chi connectivity index (χ3v) is 6.72. The summed E-state index contributed by atoms with van der Waals surface area (Å²) < 4.78 is 0. The molecule has 0 bridgehead atoms. The number of carbonyl (C=O) groups is 2. The van der Waals surface area contributed by atoms with Crippen molar-refractivity contribution in [1.29, 1.82) is 0 Å². The Balaban J connectivity index is 1.35. The summed E-state index contributed by atoms with van der Waals surface area (Å²) in [5.41, 5.74) is 1.81. The number of rotatable bonds is 4. The summed E-state index contributed by atoms with van der Waals surface area (Å²) in [7, 11) is 0. The highest BCUT2D eigenvalue weighted by molar-refractivity contribution is 7.13. The van der Waals surface area contributed by atoms with Gasteiger partial charge in [-0.25, -0.2) is 0 Å². The Morgan fingerprint density at radius 2 is 1.85 bits per heavy atom. The molecule has 2 fully saturated rings. The second kappa shape index (κ2) is 7.76. The molecule has 1 saturated carbocycles. The molecule has 6 nitrogen and oxygen atoms in total. The molecule has 2 heterocycles. The molecular formula is C20H24N4O2S. The van der Waals surface area contributed by atoms with Crippen molar-refractivity contribution in [1.82, 2.24) is 15.1 Å². The lowest BCUT2D eigenvalue weighted by Crippen LogP contribution is -2.43. The Morgan fingerprint density at radius 3 is 2.52 bits per heavy atom. The molecule has 1 aliphatic heterocycles. The average Bonchev–Trinajstić information content (AvgIpc) is 3.12. The van der Waals surface area contributed by atoms with Crippen LogP contribution in [0.4, 0.5) is 5.69 Å². The normalized spacial score (nSPS) is 18.2. The van der Waals surface area contributed by atoms with Gasteiger partial charge in [0.15, 0.2) is 0 Å². The maximum Gasteiger partial charge on any atom is 0.286 e. The number of anilines is 1. The predicted octanol–water partition coefficient (Wildman–Crippen LogP) is 3.60. The molecular weight excluding hydrogens is 360 g/mol. The predicted molar refractivity (Wildman–Crippen MR) is 105 cm³/mol. The fraction of sp³-hybridized carbons (Fsp3) is 0.500. The molecule has 27 heavy (non-hydrogen) atoms. The van der Waals surface area contributed by atoms with E-state index in [0.29, 0.717) is 10.9 Å². The number of likely N-dealkylation sites (tertiary alicyclic amines) is 1. The molecule has 0 spiro atoms. The quantitative estimate of drug-likeness (QED) is 0.874. The van der Waals surface area contributed by atoms with E-state index in [-0.39, 0.29) is 17.7 Å². The Kier molecular flexibility index (Phi) is 5.20. The highest BCUT2D eigenvalue weighted by atomic mass is 32.1. The van der Waals surface area contributed by atoms with E-state index in [1.807, 2.05) is 36.1 Å². The molecule has 0 unspecified atom stereocenters. The molecule has 2 aromatic rings. The topological polar surface area (TPSA) is 75.2 Å². The van der Waals surface area contributed by atoms with Crippen LogP contribution in [0, 0.1) is 12.8 Å². The van der Waals surface area contributed by atoms with E-state index in [1.165, 1.54) is 17.8 Å². The lowest BCUT2D eigenvalue weighted by atomic mass is 9.83. The van der Waals surface area contributed by atoms with Crippen LogP contribution in [0.25, 0.3) is 0 Å². The standard InChI is InChI=1S/C20H24N4O2S/c1-13-5-2-3-8-16(13)21-17(25)19-23-22-18(27-19)14-9-11-24(12-10-14)20(26)15-6-4-7-15/h2-3,5,8,14-15H,4,6-7,9-12H2,1H3,(H,21,25). The van der Waals surface area contributed by atoms with Crippen molar-refractivity contribution >= 4 is 28.8 Å². The van der Waals surface area contributed by atoms with E-state index in [0.717, 1.165) is 55.0 Å². The van der Waals surface area contributed by atoms with Gasteiger partial charge in [0.05, 0.1) is 0 Å². The first-order chi connectivity index (χ1) is 13.1. The van der Waals surface area contributed by atoms with Gasteiger partial charge >= 0.3 is 0 Å². The summed E-state index contributed by atoms with van der Waals surface area (Å²) in [6, 6.07) is 7.67. The molecule has 1 N–H and O–H groups in total. The molecule has 1 aromatic heterocycles. The van der Waals surface area contributed by atoms with Crippen LogP contribution in [-0.4, -0.2) is 40.0 Å². The summed E-state index contributed by atoms with van der Waals surface area (Å²) in [4.78, 5) is 26.8. The fourth-order valence-corrected chi connectivity index (χ4v) is 4.55. The molecule has 0 radical (unpaired) electrons. The van der Waals surface area contributed by atoms with Crippen molar-refractivity contribution in [3.8, 4) is 0 Å². The van der Waals surface area contributed by atoms with Gasteiger partial charge in [0.1, 0.15) is 5.01 Å². The van der Waals surface area contributed by atoms with E-state index in [1.54, 1.807) is 0 Å². The van der Waals surface area contributed by atoms with Crippen molar-refractivity contribution in [2.45, 2.75) is 44.9 Å². The lowest BCUT2D eigenvalue weighted by molar-refractivity contribution is -0.139. The summed E-state index contributed by atoms with van der Waals surface area (Å²) in [6.45, 7) is 3.52. The number of nitrogens with zero attached hydrogens (tertiary/aromatic N) is 3. The Morgan fingerprint density at radius 1 is 1.11 bits per heavy atom. The Hall–Kier alpha value is -2.28. The number of hydrogen-bond donors (Lipinski definition) is 1. The molecule has 1 saturated heterocycles. The number of benzene rings is 1. The number of hydrogen-bond acceptors (Lipinski definition) is 5. The number of nitrogens with one attached hydrogen (secondary N) is 1. The summed E-state index contributed by atoms with van der Waals surface area (Å²) >= 11 is 1.37. The van der Waals surface area contributed by atoms with Gasteiger partial charge in [-0.3, -0.25) is 9.59 Å². The number of piperidine rings is 1. The average molecular weight is 385 g/mol. The number of para-hydroxylation sites is 1. The van der Waals surface area contributed by atoms with Crippen molar-refractivity contribution in [3.63, 3.8) is 0 Å².